The van der Waals surface area contributed by atoms with E-state index in [2.05, 4.69) is 0 Å². The molecule has 0 aromatic rings. The van der Waals surface area contributed by atoms with Crippen molar-refractivity contribution in [3.05, 3.63) is 0 Å². The Bertz CT molecular complexity index is 281. The standard InChI is InChI=1S/C8H11NO3S/c1-8-3-2-6(10)9(8)5(4-13-8)7(11)12/h5H,2-4H2,1H3,(H,11,12)/t5-,8?/m0/s1. The summed E-state index contributed by atoms with van der Waals surface area (Å²) in [7, 11) is 0. The normalized spacial score (nSPS) is 38.1. The van der Waals surface area contributed by atoms with Gasteiger partial charge in [0.05, 0.1) is 4.87 Å². The lowest BCUT2D eigenvalue weighted by Crippen LogP contribution is -2.45. The topological polar surface area (TPSA) is 57.6 Å². The molecule has 0 saturated carbocycles. The first kappa shape index (κ1) is 8.87. The van der Waals surface area contributed by atoms with Gasteiger partial charge in [0.25, 0.3) is 0 Å². The number of carbonyl (C=O) groups is 2. The number of thioether (sulfide) groups is 1. The first-order valence-corrected chi connectivity index (χ1v) is 5.22. The Balaban J connectivity index is 2.29. The molecule has 2 atom stereocenters. The zero-order valence-electron chi connectivity index (χ0n) is 7.32. The van der Waals surface area contributed by atoms with Crippen LogP contribution in [0.5, 0.6) is 0 Å². The molecule has 0 spiro atoms. The summed E-state index contributed by atoms with van der Waals surface area (Å²) < 4.78 is 0. The molecule has 2 aliphatic rings. The van der Waals surface area contributed by atoms with Crippen LogP contribution in [0.15, 0.2) is 0 Å². The summed E-state index contributed by atoms with van der Waals surface area (Å²) in [6.07, 6.45) is 1.27. The highest BCUT2D eigenvalue weighted by Crippen LogP contribution is 2.47. The van der Waals surface area contributed by atoms with Gasteiger partial charge < -0.3 is 10.0 Å². The van der Waals surface area contributed by atoms with E-state index in [1.807, 2.05) is 6.92 Å². The molecular formula is C8H11NO3S. The van der Waals surface area contributed by atoms with Crippen molar-refractivity contribution in [1.82, 2.24) is 4.90 Å². The summed E-state index contributed by atoms with van der Waals surface area (Å²) in [5, 5.41) is 8.89. The van der Waals surface area contributed by atoms with Gasteiger partial charge >= 0.3 is 5.97 Å². The number of rotatable bonds is 1. The van der Waals surface area contributed by atoms with Crippen molar-refractivity contribution in [3.8, 4) is 0 Å². The summed E-state index contributed by atoms with van der Waals surface area (Å²) in [5.41, 5.74) is 0. The van der Waals surface area contributed by atoms with Crippen LogP contribution in [0.3, 0.4) is 0 Å². The van der Waals surface area contributed by atoms with Gasteiger partial charge in [-0.05, 0) is 13.3 Å². The van der Waals surface area contributed by atoms with E-state index in [1.54, 1.807) is 16.7 Å². The Morgan fingerprint density at radius 3 is 3.08 bits per heavy atom. The number of carboxylic acids is 1. The van der Waals surface area contributed by atoms with Crippen LogP contribution in [-0.4, -0.2) is 38.5 Å². The summed E-state index contributed by atoms with van der Waals surface area (Å²) in [6, 6.07) is -0.606. The molecule has 13 heavy (non-hydrogen) atoms. The highest BCUT2D eigenvalue weighted by molar-refractivity contribution is 8.01. The van der Waals surface area contributed by atoms with Crippen LogP contribution >= 0.6 is 11.8 Å². The third-order valence-electron chi connectivity index (χ3n) is 2.73. The van der Waals surface area contributed by atoms with Gasteiger partial charge in [-0.2, -0.15) is 0 Å². The molecule has 5 heteroatoms. The van der Waals surface area contributed by atoms with Crippen molar-refractivity contribution >= 4 is 23.6 Å². The van der Waals surface area contributed by atoms with E-state index in [0.717, 1.165) is 6.42 Å². The van der Waals surface area contributed by atoms with Crippen LogP contribution in [0.1, 0.15) is 19.8 Å². The van der Waals surface area contributed by atoms with E-state index < -0.39 is 12.0 Å². The molecule has 4 nitrogen and oxygen atoms in total. The molecule has 0 bridgehead atoms. The van der Waals surface area contributed by atoms with Crippen LogP contribution in [0.2, 0.25) is 0 Å². The fourth-order valence-corrected chi connectivity index (χ4v) is 3.43. The van der Waals surface area contributed by atoms with Crippen LogP contribution < -0.4 is 0 Å². The molecular weight excluding hydrogens is 190 g/mol. The molecule has 1 N–H and O–H groups in total. The van der Waals surface area contributed by atoms with Crippen LogP contribution in [0, 0.1) is 0 Å². The van der Waals surface area contributed by atoms with Crippen molar-refractivity contribution in [2.24, 2.45) is 0 Å². The van der Waals surface area contributed by atoms with Gasteiger partial charge in [0.2, 0.25) is 5.91 Å². The first-order chi connectivity index (χ1) is 6.04. The van der Waals surface area contributed by atoms with Crippen molar-refractivity contribution in [3.63, 3.8) is 0 Å². The molecule has 0 aliphatic carbocycles. The minimum atomic E-state index is -0.883. The maximum absolute atomic E-state index is 11.4. The monoisotopic (exact) mass is 201 g/mol. The zero-order valence-corrected chi connectivity index (χ0v) is 8.13. The summed E-state index contributed by atoms with van der Waals surface area (Å²) >= 11 is 1.58. The van der Waals surface area contributed by atoms with E-state index in [1.165, 1.54) is 0 Å². The summed E-state index contributed by atoms with van der Waals surface area (Å²) in [5.74, 6) is -0.372. The average molecular weight is 201 g/mol. The number of fused-ring (bicyclic) bond motifs is 1. The molecule has 2 aliphatic heterocycles. The average Bonchev–Trinajstić information content (AvgIpc) is 2.50. The molecule has 2 heterocycles. The number of aliphatic carboxylic acids is 1. The zero-order chi connectivity index (χ0) is 9.64. The Kier molecular flexibility index (Phi) is 1.80. The second-order valence-corrected chi connectivity index (χ2v) is 5.11. The highest BCUT2D eigenvalue weighted by Gasteiger charge is 2.52. The number of carbonyl (C=O) groups excluding carboxylic acids is 1. The lowest BCUT2D eigenvalue weighted by molar-refractivity contribution is -0.148. The molecule has 2 rings (SSSR count). The van der Waals surface area contributed by atoms with E-state index in [-0.39, 0.29) is 10.8 Å². The Morgan fingerprint density at radius 2 is 2.46 bits per heavy atom. The lowest BCUT2D eigenvalue weighted by Gasteiger charge is -2.28. The van der Waals surface area contributed by atoms with Gasteiger partial charge in [0, 0.05) is 12.2 Å². The predicted molar refractivity (Wildman–Crippen MR) is 48.4 cm³/mol. The number of hydrogen-bond acceptors (Lipinski definition) is 3. The maximum atomic E-state index is 11.4. The Morgan fingerprint density at radius 1 is 1.77 bits per heavy atom. The lowest BCUT2D eigenvalue weighted by atomic mass is 10.2. The molecule has 2 saturated heterocycles. The smallest absolute Gasteiger partial charge is 0.327 e. The first-order valence-electron chi connectivity index (χ1n) is 4.23. The fraction of sp³-hybridized carbons (Fsp3) is 0.750. The van der Waals surface area contributed by atoms with Gasteiger partial charge in [-0.1, -0.05) is 0 Å². The van der Waals surface area contributed by atoms with Crippen molar-refractivity contribution in [2.75, 3.05) is 5.75 Å². The van der Waals surface area contributed by atoms with E-state index in [0.29, 0.717) is 12.2 Å². The van der Waals surface area contributed by atoms with Crippen molar-refractivity contribution in [1.29, 1.82) is 0 Å². The second-order valence-electron chi connectivity index (χ2n) is 3.60. The molecule has 1 unspecified atom stereocenters. The van der Waals surface area contributed by atoms with Gasteiger partial charge in [0.1, 0.15) is 6.04 Å². The molecule has 0 aromatic heterocycles. The summed E-state index contributed by atoms with van der Waals surface area (Å²) in [4.78, 5) is 23.5. The quantitative estimate of drug-likeness (QED) is 0.672. The van der Waals surface area contributed by atoms with Crippen molar-refractivity contribution in [2.45, 2.75) is 30.7 Å². The number of amides is 1. The van der Waals surface area contributed by atoms with Crippen LogP contribution in [-0.2, 0) is 9.59 Å². The third kappa shape index (κ3) is 1.14. The molecule has 0 radical (unpaired) electrons. The minimum absolute atomic E-state index is 0.0140. The molecule has 0 aromatic carbocycles. The van der Waals surface area contributed by atoms with Gasteiger partial charge in [-0.25, -0.2) is 4.79 Å². The molecule has 72 valence electrons. The maximum Gasteiger partial charge on any atom is 0.327 e. The predicted octanol–water partition coefficient (Wildman–Crippen LogP) is 0.525. The van der Waals surface area contributed by atoms with E-state index in [9.17, 15) is 9.59 Å². The fourth-order valence-electron chi connectivity index (χ4n) is 2.00. The highest BCUT2D eigenvalue weighted by atomic mass is 32.2. The third-order valence-corrected chi connectivity index (χ3v) is 4.24. The van der Waals surface area contributed by atoms with Gasteiger partial charge in [-0.3, -0.25) is 4.79 Å². The molecule has 2 fully saturated rings. The van der Waals surface area contributed by atoms with Crippen LogP contribution in [0.25, 0.3) is 0 Å². The van der Waals surface area contributed by atoms with Gasteiger partial charge in [-0.15, -0.1) is 11.8 Å². The summed E-state index contributed by atoms with van der Waals surface area (Å²) in [6.45, 7) is 1.95. The van der Waals surface area contributed by atoms with Gasteiger partial charge in [0.15, 0.2) is 0 Å². The second kappa shape index (κ2) is 2.64. The van der Waals surface area contributed by atoms with E-state index >= 15 is 0 Å². The minimum Gasteiger partial charge on any atom is -0.480 e. The Hall–Kier alpha value is -0.710. The van der Waals surface area contributed by atoms with Crippen molar-refractivity contribution < 1.29 is 14.7 Å². The number of nitrogens with zero attached hydrogens (tertiary/aromatic N) is 1. The van der Waals surface area contributed by atoms with E-state index in [4.69, 9.17) is 5.11 Å². The molecule has 1 amide bonds. The SMILES string of the molecule is CC12CCC(=O)N1[C@H](C(=O)O)CS2. The van der Waals surface area contributed by atoms with Crippen LogP contribution in [0.4, 0.5) is 0 Å². The largest absolute Gasteiger partial charge is 0.480 e. The Labute approximate surface area is 80.3 Å². The number of carboxylic acid groups (broad SMARTS) is 1. The number of hydrogen-bond donors (Lipinski definition) is 1.